The number of alkyl halides is 1. The molecular formula is C24H35FN6O5. The van der Waals surface area contributed by atoms with E-state index in [1.165, 1.54) is 0 Å². The predicted molar refractivity (Wildman–Crippen MR) is 134 cm³/mol. The molecule has 3 unspecified atom stereocenters. The molecule has 1 aromatic carbocycles. The molecular weight excluding hydrogens is 471 g/mol. The summed E-state index contributed by atoms with van der Waals surface area (Å²) < 4.78 is 18.2. The fraction of sp³-hybridized carbons (Fsp3) is 0.583. The van der Waals surface area contributed by atoms with Crippen LogP contribution in [0.25, 0.3) is 0 Å². The van der Waals surface area contributed by atoms with Crippen LogP contribution >= 0.6 is 0 Å². The van der Waals surface area contributed by atoms with E-state index in [1.54, 1.807) is 18.7 Å². The van der Waals surface area contributed by atoms with Crippen LogP contribution in [0, 0.1) is 0 Å². The minimum absolute atomic E-state index is 0.000100. The molecule has 1 aromatic rings. The normalized spacial score (nSPS) is 20.8. The van der Waals surface area contributed by atoms with Gasteiger partial charge in [-0.25, -0.2) is 19.0 Å². The number of amides is 2. The fourth-order valence-corrected chi connectivity index (χ4v) is 4.14. The van der Waals surface area contributed by atoms with Crippen LogP contribution in [0.2, 0.25) is 0 Å². The van der Waals surface area contributed by atoms with Crippen LogP contribution in [0.15, 0.2) is 29.3 Å². The van der Waals surface area contributed by atoms with Gasteiger partial charge in [0.2, 0.25) is 5.91 Å². The van der Waals surface area contributed by atoms with Gasteiger partial charge in [-0.3, -0.25) is 4.79 Å². The van der Waals surface area contributed by atoms with Gasteiger partial charge in [0.05, 0.1) is 19.2 Å². The molecule has 3 rings (SSSR count). The number of guanidine groups is 1. The Kier molecular flexibility index (Phi) is 9.31. The largest absolute Gasteiger partial charge is 0.480 e. The topological polar surface area (TPSA) is 136 Å². The number of nitrogens with zero attached hydrogens (tertiary/aromatic N) is 3. The van der Waals surface area contributed by atoms with E-state index in [9.17, 15) is 23.9 Å². The number of hydrogen-bond acceptors (Lipinski definition) is 8. The third-order valence-corrected chi connectivity index (χ3v) is 5.94. The number of carbonyl (C=O) groups is 3. The molecule has 0 radical (unpaired) electrons. The molecule has 0 aliphatic carbocycles. The number of rotatable bonds is 8. The molecule has 0 saturated carbocycles. The number of carboxylic acids is 1. The number of halogens is 1. The quantitative estimate of drug-likeness (QED) is 0.419. The molecule has 0 spiro atoms. The van der Waals surface area contributed by atoms with Crippen molar-refractivity contribution in [2.75, 3.05) is 42.9 Å². The summed E-state index contributed by atoms with van der Waals surface area (Å²) in [5.41, 5.74) is 1.81. The highest BCUT2D eigenvalue weighted by atomic mass is 19.1. The van der Waals surface area contributed by atoms with Gasteiger partial charge in [0.1, 0.15) is 12.2 Å². The Labute approximate surface area is 210 Å². The smallest absolute Gasteiger partial charge is 0.408 e. The van der Waals surface area contributed by atoms with Gasteiger partial charge in [0, 0.05) is 43.5 Å². The summed E-state index contributed by atoms with van der Waals surface area (Å²) in [7, 11) is 0. The SMILES string of the molecule is CC(C)OC(=O)NC(CCC(=O)N1CCN(c2cccc(NC3=NCC(F)CN3)c2)C(C)C1)C(=O)O. The Balaban J connectivity index is 1.52. The first-order chi connectivity index (χ1) is 17.1. The minimum Gasteiger partial charge on any atom is -0.480 e. The number of aliphatic carboxylic acids is 1. The molecule has 2 aliphatic rings. The molecule has 0 bridgehead atoms. The number of ether oxygens (including phenoxy) is 1. The first-order valence-corrected chi connectivity index (χ1v) is 12.2. The highest BCUT2D eigenvalue weighted by Gasteiger charge is 2.29. The summed E-state index contributed by atoms with van der Waals surface area (Å²) in [5.74, 6) is -0.833. The summed E-state index contributed by atoms with van der Waals surface area (Å²) in [6.07, 6.45) is -2.20. The molecule has 2 aliphatic heterocycles. The second kappa shape index (κ2) is 12.4. The molecule has 0 aromatic heterocycles. The van der Waals surface area contributed by atoms with E-state index in [0.717, 1.165) is 11.4 Å². The number of alkyl carbamates (subject to hydrolysis) is 1. The zero-order chi connectivity index (χ0) is 26.2. The molecule has 12 heteroatoms. The molecule has 11 nitrogen and oxygen atoms in total. The van der Waals surface area contributed by atoms with Crippen LogP contribution in [-0.4, -0.2) is 91.0 Å². The average Bonchev–Trinajstić information content (AvgIpc) is 2.82. The van der Waals surface area contributed by atoms with Crippen LogP contribution < -0.4 is 20.9 Å². The molecule has 2 amide bonds. The van der Waals surface area contributed by atoms with E-state index in [4.69, 9.17) is 4.74 Å². The third-order valence-electron chi connectivity index (χ3n) is 5.94. The fourth-order valence-electron chi connectivity index (χ4n) is 4.14. The van der Waals surface area contributed by atoms with Crippen LogP contribution in [0.1, 0.15) is 33.6 Å². The molecule has 2 heterocycles. The lowest BCUT2D eigenvalue weighted by Gasteiger charge is -2.41. The monoisotopic (exact) mass is 506 g/mol. The van der Waals surface area contributed by atoms with E-state index < -0.39 is 24.3 Å². The lowest BCUT2D eigenvalue weighted by Crippen LogP contribution is -2.54. The summed E-state index contributed by atoms with van der Waals surface area (Å²) in [6.45, 7) is 7.31. The maximum atomic E-state index is 13.3. The van der Waals surface area contributed by atoms with Crippen molar-refractivity contribution in [1.82, 2.24) is 15.5 Å². The van der Waals surface area contributed by atoms with Crippen molar-refractivity contribution in [3.63, 3.8) is 0 Å². The molecule has 36 heavy (non-hydrogen) atoms. The van der Waals surface area contributed by atoms with E-state index >= 15 is 0 Å². The van der Waals surface area contributed by atoms with Gasteiger partial charge < -0.3 is 35.6 Å². The number of carboxylic acid groups (broad SMARTS) is 1. The molecule has 4 N–H and O–H groups in total. The highest BCUT2D eigenvalue weighted by molar-refractivity contribution is 5.94. The zero-order valence-electron chi connectivity index (χ0n) is 20.9. The van der Waals surface area contributed by atoms with Gasteiger partial charge in [-0.15, -0.1) is 0 Å². The van der Waals surface area contributed by atoms with Crippen molar-refractivity contribution in [2.45, 2.75) is 58.0 Å². The first-order valence-electron chi connectivity index (χ1n) is 12.2. The van der Waals surface area contributed by atoms with Crippen LogP contribution in [-0.2, 0) is 14.3 Å². The Bertz CT molecular complexity index is 974. The van der Waals surface area contributed by atoms with Crippen molar-refractivity contribution in [2.24, 2.45) is 4.99 Å². The summed E-state index contributed by atoms with van der Waals surface area (Å²) in [5, 5.41) is 17.8. The summed E-state index contributed by atoms with van der Waals surface area (Å²) >= 11 is 0. The molecule has 1 fully saturated rings. The maximum absolute atomic E-state index is 13.3. The van der Waals surface area contributed by atoms with Crippen LogP contribution in [0.5, 0.6) is 0 Å². The van der Waals surface area contributed by atoms with Crippen molar-refractivity contribution >= 4 is 35.3 Å². The van der Waals surface area contributed by atoms with Gasteiger partial charge >= 0.3 is 12.1 Å². The number of aliphatic imine (C=N–C) groups is 1. The van der Waals surface area contributed by atoms with Gasteiger partial charge in [0.25, 0.3) is 0 Å². The van der Waals surface area contributed by atoms with E-state index in [-0.39, 0.29) is 44.0 Å². The Morgan fingerprint density at radius 2 is 2.08 bits per heavy atom. The summed E-state index contributed by atoms with van der Waals surface area (Å²) in [4.78, 5) is 44.1. The third kappa shape index (κ3) is 7.72. The van der Waals surface area contributed by atoms with E-state index in [2.05, 4.69) is 25.8 Å². The minimum atomic E-state index is -1.21. The lowest BCUT2D eigenvalue weighted by atomic mass is 10.1. The van der Waals surface area contributed by atoms with Crippen molar-refractivity contribution < 1.29 is 28.6 Å². The number of piperazine rings is 1. The molecule has 1 saturated heterocycles. The summed E-state index contributed by atoms with van der Waals surface area (Å²) in [6, 6.07) is 6.64. The van der Waals surface area contributed by atoms with Crippen LogP contribution in [0.4, 0.5) is 20.6 Å². The number of nitrogens with one attached hydrogen (secondary N) is 3. The van der Waals surface area contributed by atoms with Crippen molar-refractivity contribution in [1.29, 1.82) is 0 Å². The Morgan fingerprint density at radius 1 is 1.31 bits per heavy atom. The van der Waals surface area contributed by atoms with E-state index in [0.29, 0.717) is 25.6 Å². The highest BCUT2D eigenvalue weighted by Crippen LogP contribution is 2.24. The zero-order valence-corrected chi connectivity index (χ0v) is 20.9. The Morgan fingerprint density at radius 3 is 2.72 bits per heavy atom. The number of benzene rings is 1. The van der Waals surface area contributed by atoms with E-state index in [1.807, 2.05) is 31.2 Å². The van der Waals surface area contributed by atoms with Crippen molar-refractivity contribution in [3.05, 3.63) is 24.3 Å². The predicted octanol–water partition coefficient (Wildman–Crippen LogP) is 1.80. The molecule has 3 atom stereocenters. The van der Waals surface area contributed by atoms with Gasteiger partial charge in [0.15, 0.2) is 5.96 Å². The maximum Gasteiger partial charge on any atom is 0.408 e. The van der Waals surface area contributed by atoms with Gasteiger partial charge in [-0.1, -0.05) is 6.07 Å². The number of hydrogen-bond donors (Lipinski definition) is 4. The number of anilines is 2. The van der Waals surface area contributed by atoms with Crippen LogP contribution in [0.3, 0.4) is 0 Å². The second-order valence-electron chi connectivity index (χ2n) is 9.25. The van der Waals surface area contributed by atoms with Gasteiger partial charge in [-0.05, 0) is 45.4 Å². The van der Waals surface area contributed by atoms with Crippen molar-refractivity contribution in [3.8, 4) is 0 Å². The Hall–Kier alpha value is -3.57. The number of carbonyl (C=O) groups excluding carboxylic acids is 2. The van der Waals surface area contributed by atoms with Gasteiger partial charge in [-0.2, -0.15) is 0 Å². The second-order valence-corrected chi connectivity index (χ2v) is 9.25. The first kappa shape index (κ1) is 27.0. The lowest BCUT2D eigenvalue weighted by molar-refractivity contribution is -0.140. The standard InChI is InChI=1S/C24H35FN6O5/c1-15(2)36-24(35)29-20(22(33)34)7-8-21(32)30-9-10-31(16(3)14-30)19-6-4-5-18(11-19)28-23-26-12-17(25)13-27-23/h4-6,11,15-17,20H,7-10,12-14H2,1-3H3,(H,29,35)(H,33,34)(H2,26,27,28). The molecule has 198 valence electrons. The average molecular weight is 507 g/mol.